The van der Waals surface area contributed by atoms with Gasteiger partial charge in [0.2, 0.25) is 0 Å². The van der Waals surface area contributed by atoms with E-state index in [1.165, 1.54) is 0 Å². The van der Waals surface area contributed by atoms with Crippen LogP contribution < -0.4 is 10.4 Å². The molecular formula is C12H13F3N4O3. The van der Waals surface area contributed by atoms with Crippen molar-refractivity contribution in [1.82, 2.24) is 15.3 Å². The zero-order chi connectivity index (χ0) is 16.5. The van der Waals surface area contributed by atoms with E-state index < -0.39 is 29.9 Å². The number of hydroxylamine groups is 1. The van der Waals surface area contributed by atoms with Gasteiger partial charge >= 0.3 is 12.1 Å². The molecule has 1 aromatic rings. The van der Waals surface area contributed by atoms with E-state index in [0.29, 0.717) is 11.4 Å². The number of alkyl halides is 3. The summed E-state index contributed by atoms with van der Waals surface area (Å²) in [6.45, 7) is 3.72. The Bertz CT molecular complexity index is 582. The third-order valence-electron chi connectivity index (χ3n) is 2.89. The number of carbonyl (C=O) groups is 2. The predicted molar refractivity (Wildman–Crippen MR) is 67.5 cm³/mol. The molecular weight excluding hydrogens is 305 g/mol. The lowest BCUT2D eigenvalue weighted by Crippen LogP contribution is -2.53. The first-order valence-corrected chi connectivity index (χ1v) is 6.34. The van der Waals surface area contributed by atoms with Crippen molar-refractivity contribution in [3.05, 3.63) is 17.5 Å². The van der Waals surface area contributed by atoms with Gasteiger partial charge in [-0.1, -0.05) is 5.06 Å². The molecule has 0 saturated carbocycles. The predicted octanol–water partition coefficient (Wildman–Crippen LogP) is 0.666. The molecule has 0 radical (unpaired) electrons. The molecule has 0 aromatic carbocycles. The third-order valence-corrected chi connectivity index (χ3v) is 2.89. The highest BCUT2D eigenvalue weighted by Crippen LogP contribution is 2.21. The van der Waals surface area contributed by atoms with Crippen LogP contribution in [-0.4, -0.2) is 41.1 Å². The summed E-state index contributed by atoms with van der Waals surface area (Å²) in [4.78, 5) is 35.1. The molecule has 1 aromatic heterocycles. The zero-order valence-electron chi connectivity index (χ0n) is 11.8. The van der Waals surface area contributed by atoms with Crippen molar-refractivity contribution in [3.8, 4) is 0 Å². The van der Waals surface area contributed by atoms with Gasteiger partial charge in [0.25, 0.3) is 11.9 Å². The van der Waals surface area contributed by atoms with E-state index in [1.54, 1.807) is 19.9 Å². The normalized spacial score (nSPS) is 15.1. The number of aryl methyl sites for hydroxylation is 2. The van der Waals surface area contributed by atoms with Gasteiger partial charge in [-0.3, -0.25) is 4.79 Å². The van der Waals surface area contributed by atoms with E-state index in [2.05, 4.69) is 20.1 Å². The number of rotatable bonds is 2. The van der Waals surface area contributed by atoms with Crippen LogP contribution in [-0.2, 0) is 14.4 Å². The average Bonchev–Trinajstić information content (AvgIpc) is 2.30. The van der Waals surface area contributed by atoms with Gasteiger partial charge in [-0.25, -0.2) is 14.8 Å². The van der Waals surface area contributed by atoms with Crippen LogP contribution in [0.25, 0.3) is 0 Å². The highest BCUT2D eigenvalue weighted by molar-refractivity contribution is 5.94. The maximum absolute atomic E-state index is 12.4. The lowest BCUT2D eigenvalue weighted by molar-refractivity contribution is -0.202. The number of nitrogens with zero attached hydrogens (tertiary/aromatic N) is 3. The van der Waals surface area contributed by atoms with Crippen molar-refractivity contribution in [2.45, 2.75) is 20.0 Å². The van der Waals surface area contributed by atoms with Crippen molar-refractivity contribution >= 4 is 17.8 Å². The molecule has 1 N–H and O–H groups in total. The number of aromatic nitrogens is 2. The van der Waals surface area contributed by atoms with Gasteiger partial charge in [-0.15, -0.1) is 0 Å². The maximum atomic E-state index is 12.4. The molecule has 1 saturated heterocycles. The third kappa shape index (κ3) is 3.50. The van der Waals surface area contributed by atoms with Gasteiger partial charge < -0.3 is 10.2 Å². The Morgan fingerprint density at radius 1 is 1.27 bits per heavy atom. The maximum Gasteiger partial charge on any atom is 0.493 e. The number of anilines is 1. The minimum Gasteiger partial charge on any atom is -0.321 e. The Balaban J connectivity index is 2.32. The summed E-state index contributed by atoms with van der Waals surface area (Å²) >= 11 is 0. The summed E-state index contributed by atoms with van der Waals surface area (Å²) in [5.74, 6) is -4.30. The largest absolute Gasteiger partial charge is 0.493 e. The minimum absolute atomic E-state index is 0.224. The Labute approximate surface area is 123 Å². The summed E-state index contributed by atoms with van der Waals surface area (Å²) in [7, 11) is 0. The van der Waals surface area contributed by atoms with E-state index in [-0.39, 0.29) is 18.2 Å². The minimum atomic E-state index is -5.23. The Kier molecular flexibility index (Phi) is 4.31. The molecule has 0 atom stereocenters. The monoisotopic (exact) mass is 318 g/mol. The van der Waals surface area contributed by atoms with E-state index in [1.807, 2.05) is 0 Å². The number of nitrogens with one attached hydrogen (secondary N) is 1. The lowest BCUT2D eigenvalue weighted by atomic mass is 10.0. The topological polar surface area (TPSA) is 84.4 Å². The SMILES string of the molecule is Cc1cc(C)nc(N(OC(=O)C(F)(F)F)C(=O)C2CNC2)n1. The summed E-state index contributed by atoms with van der Waals surface area (Å²) in [5, 5.41) is 3.03. The van der Waals surface area contributed by atoms with Crippen LogP contribution in [0.1, 0.15) is 11.4 Å². The van der Waals surface area contributed by atoms with Gasteiger partial charge in [0.05, 0.1) is 5.92 Å². The van der Waals surface area contributed by atoms with Crippen LogP contribution in [0.3, 0.4) is 0 Å². The summed E-state index contributed by atoms with van der Waals surface area (Å²) in [6.07, 6.45) is -5.23. The molecule has 1 aliphatic rings. The number of hydrogen-bond acceptors (Lipinski definition) is 6. The summed E-state index contributed by atoms with van der Waals surface area (Å²) in [5.41, 5.74) is 0.852. The second-order valence-electron chi connectivity index (χ2n) is 4.81. The molecule has 7 nitrogen and oxygen atoms in total. The van der Waals surface area contributed by atoms with Gasteiger partial charge in [-0.2, -0.15) is 13.2 Å². The lowest BCUT2D eigenvalue weighted by Gasteiger charge is -2.30. The molecule has 22 heavy (non-hydrogen) atoms. The molecule has 0 unspecified atom stereocenters. The molecule has 1 fully saturated rings. The average molecular weight is 318 g/mol. The van der Waals surface area contributed by atoms with E-state index in [9.17, 15) is 22.8 Å². The van der Waals surface area contributed by atoms with Gasteiger partial charge in [-0.05, 0) is 19.9 Å². The molecule has 2 heterocycles. The molecule has 0 aliphatic carbocycles. The number of halogens is 3. The van der Waals surface area contributed by atoms with Crippen LogP contribution in [0.2, 0.25) is 0 Å². The van der Waals surface area contributed by atoms with Gasteiger partial charge in [0, 0.05) is 24.5 Å². The van der Waals surface area contributed by atoms with Crippen molar-refractivity contribution in [2.75, 3.05) is 18.2 Å². The smallest absolute Gasteiger partial charge is 0.321 e. The van der Waals surface area contributed by atoms with Gasteiger partial charge in [0.15, 0.2) is 0 Å². The first-order valence-electron chi connectivity index (χ1n) is 6.34. The number of carbonyl (C=O) groups excluding carboxylic acids is 2. The van der Waals surface area contributed by atoms with Crippen molar-refractivity contribution in [3.63, 3.8) is 0 Å². The molecule has 120 valence electrons. The van der Waals surface area contributed by atoms with Crippen LogP contribution in [0, 0.1) is 19.8 Å². The van der Waals surface area contributed by atoms with E-state index in [4.69, 9.17) is 0 Å². The van der Waals surface area contributed by atoms with Crippen LogP contribution in [0.5, 0.6) is 0 Å². The molecule has 0 spiro atoms. The molecule has 10 heteroatoms. The highest BCUT2D eigenvalue weighted by Gasteiger charge is 2.45. The van der Waals surface area contributed by atoms with E-state index in [0.717, 1.165) is 0 Å². The molecule has 0 bridgehead atoms. The number of amides is 1. The van der Waals surface area contributed by atoms with Crippen LogP contribution in [0.4, 0.5) is 19.1 Å². The highest BCUT2D eigenvalue weighted by atomic mass is 19.4. The second kappa shape index (κ2) is 5.87. The Morgan fingerprint density at radius 2 is 1.82 bits per heavy atom. The summed E-state index contributed by atoms with van der Waals surface area (Å²) in [6, 6.07) is 1.57. The first-order chi connectivity index (χ1) is 10.2. The van der Waals surface area contributed by atoms with Crippen molar-refractivity contribution < 1.29 is 27.6 Å². The first kappa shape index (κ1) is 16.1. The van der Waals surface area contributed by atoms with Crippen molar-refractivity contribution in [1.29, 1.82) is 0 Å². The fourth-order valence-corrected chi connectivity index (χ4v) is 1.75. The van der Waals surface area contributed by atoms with Crippen LogP contribution in [0.15, 0.2) is 6.07 Å². The number of hydrogen-bond donors (Lipinski definition) is 1. The molecule has 2 rings (SSSR count). The quantitative estimate of drug-likeness (QED) is 0.807. The Hall–Kier alpha value is -2.23. The zero-order valence-corrected chi connectivity index (χ0v) is 11.8. The molecule has 1 amide bonds. The van der Waals surface area contributed by atoms with E-state index >= 15 is 0 Å². The van der Waals surface area contributed by atoms with Crippen LogP contribution >= 0.6 is 0 Å². The fourth-order valence-electron chi connectivity index (χ4n) is 1.75. The standard InChI is InChI=1S/C12H13F3N4O3/c1-6-3-7(2)18-11(17-6)19(9(20)8-4-16-5-8)22-10(21)12(13,14)15/h3,8,16H,4-5H2,1-2H3. The fraction of sp³-hybridized carbons (Fsp3) is 0.500. The second-order valence-corrected chi connectivity index (χ2v) is 4.81. The van der Waals surface area contributed by atoms with Crippen molar-refractivity contribution in [2.24, 2.45) is 5.92 Å². The Morgan fingerprint density at radius 3 is 2.23 bits per heavy atom. The van der Waals surface area contributed by atoms with Gasteiger partial charge in [0.1, 0.15) is 0 Å². The molecule has 1 aliphatic heterocycles. The summed E-state index contributed by atoms with van der Waals surface area (Å²) < 4.78 is 37.1.